The van der Waals surface area contributed by atoms with E-state index in [1.807, 2.05) is 0 Å². The van der Waals surface area contributed by atoms with Gasteiger partial charge in [0.15, 0.2) is 0 Å². The van der Waals surface area contributed by atoms with Gasteiger partial charge in [0, 0.05) is 25.2 Å². The third-order valence-electron chi connectivity index (χ3n) is 4.35. The van der Waals surface area contributed by atoms with Crippen LogP contribution in [0.25, 0.3) is 0 Å². The van der Waals surface area contributed by atoms with Crippen LogP contribution in [-0.4, -0.2) is 30.1 Å². The minimum Gasteiger partial charge on any atom is -0.324 e. The molecule has 80 valence electrons. The van der Waals surface area contributed by atoms with Crippen molar-refractivity contribution in [3.63, 3.8) is 0 Å². The molecule has 0 amide bonds. The molecule has 2 bridgehead atoms. The van der Waals surface area contributed by atoms with Crippen molar-refractivity contribution in [2.24, 2.45) is 17.6 Å². The molecule has 3 rings (SSSR count). The average Bonchev–Trinajstić information content (AvgIpc) is 2.82. The Balaban J connectivity index is 1.59. The van der Waals surface area contributed by atoms with Gasteiger partial charge in [-0.25, -0.2) is 0 Å². The van der Waals surface area contributed by atoms with Crippen LogP contribution in [0.15, 0.2) is 0 Å². The van der Waals surface area contributed by atoms with Gasteiger partial charge in [-0.2, -0.15) is 0 Å². The summed E-state index contributed by atoms with van der Waals surface area (Å²) in [4.78, 5) is 2.66. The standard InChI is InChI=1S/C12H22N2/c13-12(4-5-12)9-14-7-10-2-1-3-11(6-10)8-14/h10-11H,1-9,13H2. The van der Waals surface area contributed by atoms with Crippen LogP contribution in [0.2, 0.25) is 0 Å². The molecule has 3 aliphatic rings. The van der Waals surface area contributed by atoms with Gasteiger partial charge in [0.1, 0.15) is 0 Å². The van der Waals surface area contributed by atoms with E-state index in [4.69, 9.17) is 5.73 Å². The summed E-state index contributed by atoms with van der Waals surface area (Å²) < 4.78 is 0. The summed E-state index contributed by atoms with van der Waals surface area (Å²) in [5, 5.41) is 0. The van der Waals surface area contributed by atoms with Gasteiger partial charge in [-0.05, 0) is 43.9 Å². The maximum Gasteiger partial charge on any atom is 0.0284 e. The van der Waals surface area contributed by atoms with Crippen molar-refractivity contribution in [2.75, 3.05) is 19.6 Å². The molecule has 0 radical (unpaired) electrons. The number of rotatable bonds is 2. The largest absolute Gasteiger partial charge is 0.324 e. The third kappa shape index (κ3) is 1.82. The molecule has 0 aromatic rings. The molecule has 2 saturated carbocycles. The number of piperidine rings is 1. The summed E-state index contributed by atoms with van der Waals surface area (Å²) in [6, 6.07) is 0. The first-order chi connectivity index (χ1) is 6.73. The van der Waals surface area contributed by atoms with Crippen molar-refractivity contribution < 1.29 is 0 Å². The monoisotopic (exact) mass is 194 g/mol. The zero-order valence-electron chi connectivity index (χ0n) is 9.04. The predicted molar refractivity (Wildman–Crippen MR) is 58.0 cm³/mol. The van der Waals surface area contributed by atoms with E-state index >= 15 is 0 Å². The third-order valence-corrected chi connectivity index (χ3v) is 4.35. The van der Waals surface area contributed by atoms with Gasteiger partial charge in [-0.15, -0.1) is 0 Å². The van der Waals surface area contributed by atoms with Crippen LogP contribution < -0.4 is 5.73 Å². The molecular formula is C12H22N2. The van der Waals surface area contributed by atoms with E-state index in [0.29, 0.717) is 0 Å². The van der Waals surface area contributed by atoms with Gasteiger partial charge < -0.3 is 10.6 Å². The molecule has 3 fully saturated rings. The lowest BCUT2D eigenvalue weighted by atomic mass is 9.78. The van der Waals surface area contributed by atoms with Gasteiger partial charge in [-0.1, -0.05) is 6.42 Å². The zero-order chi connectivity index (χ0) is 9.60. The second kappa shape index (κ2) is 3.21. The van der Waals surface area contributed by atoms with Crippen molar-refractivity contribution in [1.29, 1.82) is 0 Å². The van der Waals surface area contributed by atoms with E-state index in [1.54, 1.807) is 0 Å². The molecule has 14 heavy (non-hydrogen) atoms. The van der Waals surface area contributed by atoms with E-state index in [9.17, 15) is 0 Å². The molecule has 1 heterocycles. The Bertz CT molecular complexity index is 210. The Morgan fingerprint density at radius 1 is 1.14 bits per heavy atom. The summed E-state index contributed by atoms with van der Waals surface area (Å²) in [6.07, 6.45) is 8.47. The van der Waals surface area contributed by atoms with Crippen LogP contribution in [0.5, 0.6) is 0 Å². The van der Waals surface area contributed by atoms with E-state index < -0.39 is 0 Å². The predicted octanol–water partition coefficient (Wildman–Crippen LogP) is 1.60. The Morgan fingerprint density at radius 3 is 2.36 bits per heavy atom. The second-order valence-electron chi connectivity index (χ2n) is 5.96. The van der Waals surface area contributed by atoms with Crippen molar-refractivity contribution in [2.45, 2.75) is 44.1 Å². The molecule has 0 aromatic carbocycles. The van der Waals surface area contributed by atoms with Crippen LogP contribution in [0.4, 0.5) is 0 Å². The molecule has 2 N–H and O–H groups in total. The molecule has 1 aliphatic heterocycles. The van der Waals surface area contributed by atoms with E-state index in [-0.39, 0.29) is 5.54 Å². The number of nitrogens with zero attached hydrogens (tertiary/aromatic N) is 1. The fourth-order valence-corrected chi connectivity index (χ4v) is 3.43. The summed E-state index contributed by atoms with van der Waals surface area (Å²) in [6.45, 7) is 3.87. The van der Waals surface area contributed by atoms with E-state index in [0.717, 1.165) is 11.8 Å². The molecule has 0 spiro atoms. The first-order valence-electron chi connectivity index (χ1n) is 6.25. The highest BCUT2D eigenvalue weighted by Crippen LogP contribution is 2.38. The topological polar surface area (TPSA) is 29.3 Å². The van der Waals surface area contributed by atoms with Gasteiger partial charge in [-0.3, -0.25) is 0 Å². The van der Waals surface area contributed by atoms with Crippen LogP contribution >= 0.6 is 0 Å². The van der Waals surface area contributed by atoms with E-state index in [1.165, 1.54) is 58.2 Å². The Morgan fingerprint density at radius 2 is 1.79 bits per heavy atom. The molecule has 2 unspecified atom stereocenters. The minimum atomic E-state index is 0.228. The molecule has 2 atom stereocenters. The fourth-order valence-electron chi connectivity index (χ4n) is 3.43. The number of likely N-dealkylation sites (tertiary alicyclic amines) is 1. The Kier molecular flexibility index (Phi) is 2.10. The SMILES string of the molecule is NC1(CN2CC3CCCC(C3)C2)CC1. The van der Waals surface area contributed by atoms with Gasteiger partial charge >= 0.3 is 0 Å². The smallest absolute Gasteiger partial charge is 0.0284 e. The molecule has 1 saturated heterocycles. The zero-order valence-corrected chi connectivity index (χ0v) is 9.04. The van der Waals surface area contributed by atoms with Crippen LogP contribution in [-0.2, 0) is 0 Å². The summed E-state index contributed by atoms with van der Waals surface area (Å²) >= 11 is 0. The maximum absolute atomic E-state index is 6.19. The molecule has 2 nitrogen and oxygen atoms in total. The maximum atomic E-state index is 6.19. The summed E-state index contributed by atoms with van der Waals surface area (Å²) in [5.74, 6) is 2.01. The molecule has 2 aliphatic carbocycles. The van der Waals surface area contributed by atoms with Gasteiger partial charge in [0.25, 0.3) is 0 Å². The van der Waals surface area contributed by atoms with E-state index in [2.05, 4.69) is 4.90 Å². The number of fused-ring (bicyclic) bond motifs is 2. The molecule has 2 heteroatoms. The van der Waals surface area contributed by atoms with Crippen molar-refractivity contribution in [1.82, 2.24) is 4.90 Å². The normalized spacial score (nSPS) is 40.9. The quantitative estimate of drug-likeness (QED) is 0.723. The minimum absolute atomic E-state index is 0.228. The number of hydrogen-bond acceptors (Lipinski definition) is 2. The Hall–Kier alpha value is -0.0800. The lowest BCUT2D eigenvalue weighted by Gasteiger charge is -2.42. The molecular weight excluding hydrogens is 172 g/mol. The summed E-state index contributed by atoms with van der Waals surface area (Å²) in [5.41, 5.74) is 6.41. The van der Waals surface area contributed by atoms with Gasteiger partial charge in [0.05, 0.1) is 0 Å². The van der Waals surface area contributed by atoms with Crippen molar-refractivity contribution in [3.05, 3.63) is 0 Å². The number of nitrogens with two attached hydrogens (primary N) is 1. The number of hydrogen-bond donors (Lipinski definition) is 1. The lowest BCUT2D eigenvalue weighted by Crippen LogP contribution is -2.48. The fraction of sp³-hybridized carbons (Fsp3) is 1.00. The Labute approximate surface area is 86.8 Å². The molecule has 0 aromatic heterocycles. The lowest BCUT2D eigenvalue weighted by molar-refractivity contribution is 0.0795. The first-order valence-corrected chi connectivity index (χ1v) is 6.25. The van der Waals surface area contributed by atoms with Crippen LogP contribution in [0.3, 0.4) is 0 Å². The summed E-state index contributed by atoms with van der Waals surface area (Å²) in [7, 11) is 0. The van der Waals surface area contributed by atoms with Crippen LogP contribution in [0, 0.1) is 11.8 Å². The highest BCUT2D eigenvalue weighted by Gasteiger charge is 2.41. The average molecular weight is 194 g/mol. The second-order valence-corrected chi connectivity index (χ2v) is 5.96. The van der Waals surface area contributed by atoms with Crippen molar-refractivity contribution >= 4 is 0 Å². The first kappa shape index (κ1) is 9.17. The van der Waals surface area contributed by atoms with Crippen LogP contribution in [0.1, 0.15) is 38.5 Å². The highest BCUT2D eigenvalue weighted by molar-refractivity contribution is 5.02. The highest BCUT2D eigenvalue weighted by atomic mass is 15.2. The van der Waals surface area contributed by atoms with Gasteiger partial charge in [0.2, 0.25) is 0 Å². The van der Waals surface area contributed by atoms with Crippen molar-refractivity contribution in [3.8, 4) is 0 Å².